The van der Waals surface area contributed by atoms with Crippen LogP contribution < -0.4 is 5.73 Å². The van der Waals surface area contributed by atoms with Gasteiger partial charge < -0.3 is 10.6 Å². The normalized spacial score (nSPS) is 13.9. The van der Waals surface area contributed by atoms with Gasteiger partial charge in [-0.1, -0.05) is 30.3 Å². The van der Waals surface area contributed by atoms with Gasteiger partial charge in [-0.05, 0) is 47.5 Å². The van der Waals surface area contributed by atoms with Gasteiger partial charge in [0.05, 0.1) is 12.2 Å². The number of carbonyl (C=O) groups excluding carboxylic acids is 2. The Labute approximate surface area is 157 Å². The van der Waals surface area contributed by atoms with Gasteiger partial charge in [0.15, 0.2) is 0 Å². The van der Waals surface area contributed by atoms with Gasteiger partial charge in [0.2, 0.25) is 5.91 Å². The highest BCUT2D eigenvalue weighted by Crippen LogP contribution is 2.33. The summed E-state index contributed by atoms with van der Waals surface area (Å²) in [7, 11) is 0. The monoisotopic (exact) mass is 357 g/mol. The maximum Gasteiger partial charge on any atom is 0.254 e. The minimum absolute atomic E-state index is 0.0734. The topological polar surface area (TPSA) is 76.3 Å². The van der Waals surface area contributed by atoms with Gasteiger partial charge >= 0.3 is 0 Å². The van der Waals surface area contributed by atoms with Gasteiger partial charge in [0, 0.05) is 29.4 Å². The molecule has 1 aliphatic rings. The van der Waals surface area contributed by atoms with Crippen molar-refractivity contribution in [2.45, 2.75) is 13.5 Å². The summed E-state index contributed by atoms with van der Waals surface area (Å²) in [4.78, 5) is 30.4. The van der Waals surface area contributed by atoms with E-state index >= 15 is 0 Å². The lowest BCUT2D eigenvalue weighted by Crippen LogP contribution is -2.30. The third kappa shape index (κ3) is 2.97. The molecule has 2 heterocycles. The number of pyridine rings is 1. The average molecular weight is 357 g/mol. The molecule has 0 radical (unpaired) electrons. The fourth-order valence-electron chi connectivity index (χ4n) is 3.52. The lowest BCUT2D eigenvalue weighted by molar-refractivity contribution is -0.114. The molecular formula is C22H19N3O2. The lowest BCUT2D eigenvalue weighted by atomic mass is 9.98. The molecule has 0 saturated carbocycles. The summed E-state index contributed by atoms with van der Waals surface area (Å²) < 4.78 is 0. The van der Waals surface area contributed by atoms with Crippen LogP contribution in [0.2, 0.25) is 0 Å². The third-order valence-electron chi connectivity index (χ3n) is 4.99. The average Bonchev–Trinajstić information content (AvgIpc) is 3.02. The smallest absolute Gasteiger partial charge is 0.254 e. The second kappa shape index (κ2) is 6.68. The third-order valence-corrected chi connectivity index (χ3v) is 4.99. The molecule has 0 bridgehead atoms. The Morgan fingerprint density at radius 1 is 1.22 bits per heavy atom. The largest absolute Gasteiger partial charge is 0.366 e. The summed E-state index contributed by atoms with van der Waals surface area (Å²) >= 11 is 0. The van der Waals surface area contributed by atoms with Crippen LogP contribution in [-0.2, 0) is 11.3 Å². The quantitative estimate of drug-likeness (QED) is 0.728. The van der Waals surface area contributed by atoms with E-state index in [9.17, 15) is 9.59 Å². The first-order valence-corrected chi connectivity index (χ1v) is 8.80. The Kier molecular flexibility index (Phi) is 4.20. The molecule has 27 heavy (non-hydrogen) atoms. The molecule has 0 aliphatic carbocycles. The number of benzene rings is 2. The van der Waals surface area contributed by atoms with Crippen LogP contribution in [-0.4, -0.2) is 28.2 Å². The first kappa shape index (κ1) is 17.0. The molecule has 2 amide bonds. The molecule has 0 saturated heterocycles. The van der Waals surface area contributed by atoms with Crippen LogP contribution in [0.3, 0.4) is 0 Å². The highest BCUT2D eigenvalue weighted by Gasteiger charge is 2.29. The number of fused-ring (bicyclic) bond motifs is 3. The SMILES string of the molecule is CC=C(CN1Cc2c(ccc3ccc(-c4ccccn4)cc23)C1=O)C(N)=O. The van der Waals surface area contributed by atoms with Crippen molar-refractivity contribution in [1.29, 1.82) is 0 Å². The summed E-state index contributed by atoms with van der Waals surface area (Å²) in [5, 5.41) is 2.11. The Bertz CT molecular complexity index is 1090. The number of primary amides is 1. The van der Waals surface area contributed by atoms with Crippen LogP contribution in [0, 0.1) is 0 Å². The summed E-state index contributed by atoms with van der Waals surface area (Å²) in [5.41, 5.74) is 9.40. The van der Waals surface area contributed by atoms with Crippen molar-refractivity contribution >= 4 is 22.6 Å². The number of nitrogens with two attached hydrogens (primary N) is 1. The van der Waals surface area contributed by atoms with E-state index in [4.69, 9.17) is 5.73 Å². The number of amides is 2. The molecular weight excluding hydrogens is 338 g/mol. The van der Waals surface area contributed by atoms with Crippen molar-refractivity contribution in [3.05, 3.63) is 77.5 Å². The Morgan fingerprint density at radius 3 is 2.74 bits per heavy atom. The van der Waals surface area contributed by atoms with Crippen molar-refractivity contribution in [3.8, 4) is 11.3 Å². The lowest BCUT2D eigenvalue weighted by Gasteiger charge is -2.16. The molecule has 0 unspecified atom stereocenters. The van der Waals surface area contributed by atoms with E-state index in [1.165, 1.54) is 0 Å². The van der Waals surface area contributed by atoms with Gasteiger partial charge in [0.1, 0.15) is 0 Å². The Morgan fingerprint density at radius 2 is 2.04 bits per heavy atom. The Hall–Kier alpha value is -3.47. The minimum Gasteiger partial charge on any atom is -0.366 e. The number of aromatic nitrogens is 1. The van der Waals surface area contributed by atoms with Crippen molar-refractivity contribution in [1.82, 2.24) is 9.88 Å². The van der Waals surface area contributed by atoms with Crippen LogP contribution in [0.5, 0.6) is 0 Å². The first-order chi connectivity index (χ1) is 13.1. The number of nitrogens with zero attached hydrogens (tertiary/aromatic N) is 2. The maximum absolute atomic E-state index is 12.8. The van der Waals surface area contributed by atoms with E-state index in [2.05, 4.69) is 11.1 Å². The van der Waals surface area contributed by atoms with Crippen molar-refractivity contribution < 1.29 is 9.59 Å². The standard InChI is InChI=1S/C22H19N3O2/c1-2-14(21(23)26)12-25-13-19-17(22(25)27)9-8-15-6-7-16(11-18(15)19)20-5-3-4-10-24-20/h2-11H,12-13H2,1H3,(H2,23,26). The number of hydrogen-bond donors (Lipinski definition) is 1. The fourth-order valence-corrected chi connectivity index (χ4v) is 3.52. The van der Waals surface area contributed by atoms with Gasteiger partial charge in [-0.3, -0.25) is 14.6 Å². The first-order valence-electron chi connectivity index (χ1n) is 8.80. The van der Waals surface area contributed by atoms with Crippen LogP contribution >= 0.6 is 0 Å². The minimum atomic E-state index is -0.497. The second-order valence-corrected chi connectivity index (χ2v) is 6.58. The van der Waals surface area contributed by atoms with Gasteiger partial charge in [-0.25, -0.2) is 0 Å². The zero-order valence-electron chi connectivity index (χ0n) is 15.0. The number of rotatable bonds is 4. The van der Waals surface area contributed by atoms with Crippen LogP contribution in [0.15, 0.2) is 66.4 Å². The van der Waals surface area contributed by atoms with Gasteiger partial charge in [-0.2, -0.15) is 0 Å². The van der Waals surface area contributed by atoms with Gasteiger partial charge in [-0.15, -0.1) is 0 Å². The number of allylic oxidation sites excluding steroid dienone is 1. The second-order valence-electron chi connectivity index (χ2n) is 6.58. The van der Waals surface area contributed by atoms with E-state index in [1.807, 2.05) is 42.5 Å². The predicted octanol–water partition coefficient (Wildman–Crippen LogP) is 3.29. The van der Waals surface area contributed by atoms with Crippen molar-refractivity contribution in [2.75, 3.05) is 6.54 Å². The van der Waals surface area contributed by atoms with E-state index < -0.39 is 5.91 Å². The van der Waals surface area contributed by atoms with E-state index in [-0.39, 0.29) is 12.5 Å². The highest BCUT2D eigenvalue weighted by atomic mass is 16.2. The summed E-state index contributed by atoms with van der Waals surface area (Å²) in [6, 6.07) is 15.8. The molecule has 3 aromatic rings. The van der Waals surface area contributed by atoms with Crippen LogP contribution in [0.25, 0.3) is 22.0 Å². The summed E-state index contributed by atoms with van der Waals surface area (Å²) in [6.45, 7) is 2.44. The molecule has 2 N–H and O–H groups in total. The Balaban J connectivity index is 1.76. The molecule has 134 valence electrons. The zero-order chi connectivity index (χ0) is 19.0. The molecule has 0 spiro atoms. The van der Waals surface area contributed by atoms with Crippen LogP contribution in [0.1, 0.15) is 22.8 Å². The molecule has 1 aromatic heterocycles. The molecule has 0 fully saturated rings. The molecule has 2 aromatic carbocycles. The molecule has 0 atom stereocenters. The molecule has 4 rings (SSSR count). The molecule has 1 aliphatic heterocycles. The number of hydrogen-bond acceptors (Lipinski definition) is 3. The molecule has 5 nitrogen and oxygen atoms in total. The van der Waals surface area contributed by atoms with Gasteiger partial charge in [0.25, 0.3) is 5.91 Å². The van der Waals surface area contributed by atoms with E-state index in [0.29, 0.717) is 17.7 Å². The van der Waals surface area contributed by atoms with E-state index in [0.717, 1.165) is 27.6 Å². The van der Waals surface area contributed by atoms with Crippen molar-refractivity contribution in [2.24, 2.45) is 5.73 Å². The fraction of sp³-hybridized carbons (Fsp3) is 0.136. The van der Waals surface area contributed by atoms with Crippen LogP contribution in [0.4, 0.5) is 0 Å². The summed E-state index contributed by atoms with van der Waals surface area (Å²) in [5.74, 6) is -0.570. The predicted molar refractivity (Wildman–Crippen MR) is 105 cm³/mol. The van der Waals surface area contributed by atoms with E-state index in [1.54, 1.807) is 24.1 Å². The maximum atomic E-state index is 12.8. The van der Waals surface area contributed by atoms with Crippen molar-refractivity contribution in [3.63, 3.8) is 0 Å². The zero-order valence-corrected chi connectivity index (χ0v) is 15.0. The summed E-state index contributed by atoms with van der Waals surface area (Å²) in [6.07, 6.45) is 3.43. The molecule has 5 heteroatoms. The number of carbonyl (C=O) groups is 2. The highest BCUT2D eigenvalue weighted by molar-refractivity contribution is 6.05.